The molecule has 0 amide bonds. The van der Waals surface area contributed by atoms with Crippen molar-refractivity contribution in [3.8, 4) is 11.5 Å². The van der Waals surface area contributed by atoms with Crippen LogP contribution >= 0.6 is 0 Å². The summed E-state index contributed by atoms with van der Waals surface area (Å²) in [6, 6.07) is 5.65. The van der Waals surface area contributed by atoms with E-state index in [1.54, 1.807) is 20.1 Å². The molecule has 12 heteroatoms. The number of methoxy groups -OCH3 is 1. The summed E-state index contributed by atoms with van der Waals surface area (Å²) in [7, 11) is -2.27. The van der Waals surface area contributed by atoms with Crippen molar-refractivity contribution in [2.45, 2.75) is 30.9 Å². The number of nitrogens with zero attached hydrogens (tertiary/aromatic N) is 2. The second kappa shape index (κ2) is 11.2. The molecule has 0 bridgehead atoms. The first-order valence-corrected chi connectivity index (χ1v) is 10.7. The molecule has 1 N–H and O–H groups in total. The molecule has 0 spiro atoms. The van der Waals surface area contributed by atoms with E-state index in [-0.39, 0.29) is 46.0 Å². The minimum atomic E-state index is -3.87. The molecule has 3 aromatic rings. The van der Waals surface area contributed by atoms with Crippen LogP contribution in [0.1, 0.15) is 17.7 Å². The van der Waals surface area contributed by atoms with Gasteiger partial charge in [-0.05, 0) is 25.1 Å². The topological polar surface area (TPSA) is 103 Å². The summed E-state index contributed by atoms with van der Waals surface area (Å²) < 4.78 is 65.4. The Balaban J connectivity index is 0.00000341. The molecule has 0 unspecified atom stereocenters. The van der Waals surface area contributed by atoms with Crippen LogP contribution in [0.3, 0.4) is 0 Å². The number of rotatable bonds is 10. The van der Waals surface area contributed by atoms with Gasteiger partial charge in [0.2, 0.25) is 15.0 Å². The molecular weight excluding hydrogens is 443 g/mol. The van der Waals surface area contributed by atoms with Gasteiger partial charge >= 0.3 is 36.2 Å². The molecule has 0 aliphatic heterocycles. The molecule has 8 nitrogen and oxygen atoms in total. The van der Waals surface area contributed by atoms with Crippen molar-refractivity contribution >= 4 is 50.4 Å². The summed E-state index contributed by atoms with van der Waals surface area (Å²) in [5.74, 6) is 0.0439. The number of pyridine rings is 1. The van der Waals surface area contributed by atoms with E-state index in [9.17, 15) is 17.2 Å². The van der Waals surface area contributed by atoms with E-state index in [1.807, 2.05) is 0 Å². The summed E-state index contributed by atoms with van der Waals surface area (Å²) in [6.45, 7) is -0.266. The van der Waals surface area contributed by atoms with Crippen molar-refractivity contribution in [1.82, 2.24) is 15.0 Å². The van der Waals surface area contributed by atoms with Gasteiger partial charge in [0.05, 0.1) is 23.3 Å². The number of alkyl halides is 2. The Morgan fingerprint density at radius 2 is 1.97 bits per heavy atom. The van der Waals surface area contributed by atoms with Gasteiger partial charge in [0.25, 0.3) is 0 Å². The zero-order valence-electron chi connectivity index (χ0n) is 16.4. The van der Waals surface area contributed by atoms with Gasteiger partial charge in [-0.15, -0.1) is 0 Å². The van der Waals surface area contributed by atoms with Crippen molar-refractivity contribution < 1.29 is 31.4 Å². The summed E-state index contributed by atoms with van der Waals surface area (Å²) in [5, 5.41) is -0.278. The molecular formula is C19H22F2N3NaO5S. The van der Waals surface area contributed by atoms with E-state index >= 15 is 0 Å². The minimum absolute atomic E-state index is 0. The number of hydrogen-bond acceptors (Lipinski definition) is 7. The zero-order chi connectivity index (χ0) is 21.7. The molecule has 0 saturated carbocycles. The Hall–Kier alpha value is -1.79. The fraction of sp³-hybridized carbons (Fsp3) is 0.368. The Bertz CT molecular complexity index is 1120. The summed E-state index contributed by atoms with van der Waals surface area (Å²) in [6.07, 6.45) is 2.18. The molecule has 0 radical (unpaired) electrons. The molecule has 1 aromatic carbocycles. The van der Waals surface area contributed by atoms with Crippen LogP contribution in [-0.4, -0.2) is 79.9 Å². The van der Waals surface area contributed by atoms with Gasteiger partial charge in [0.1, 0.15) is 17.3 Å². The molecule has 164 valence electrons. The monoisotopic (exact) mass is 465 g/mol. The van der Waals surface area contributed by atoms with Gasteiger partial charge in [0, 0.05) is 38.0 Å². The van der Waals surface area contributed by atoms with E-state index in [4.69, 9.17) is 9.47 Å². The molecule has 0 aliphatic carbocycles. The molecule has 0 saturated heterocycles. The molecule has 31 heavy (non-hydrogen) atoms. The number of hydrogen-bond donors (Lipinski definition) is 1. The Morgan fingerprint density at radius 3 is 2.68 bits per heavy atom. The van der Waals surface area contributed by atoms with Crippen LogP contribution in [-0.2, 0) is 20.3 Å². The maximum absolute atomic E-state index is 12.9. The summed E-state index contributed by atoms with van der Waals surface area (Å²) in [4.78, 5) is 10.9. The second-order valence-corrected chi connectivity index (χ2v) is 8.34. The Labute approximate surface area is 200 Å². The molecule has 2 aromatic heterocycles. The van der Waals surface area contributed by atoms with Crippen molar-refractivity contribution in [1.29, 1.82) is 0 Å². The van der Waals surface area contributed by atoms with E-state index < -0.39 is 22.2 Å². The Kier molecular flexibility index (Phi) is 9.19. The fourth-order valence-corrected chi connectivity index (χ4v) is 4.07. The van der Waals surface area contributed by atoms with Crippen molar-refractivity contribution in [2.24, 2.45) is 0 Å². The summed E-state index contributed by atoms with van der Waals surface area (Å²) >= 11 is 0. The van der Waals surface area contributed by atoms with Crippen LogP contribution < -0.4 is 9.47 Å². The van der Waals surface area contributed by atoms with E-state index in [1.165, 1.54) is 24.4 Å². The van der Waals surface area contributed by atoms with Gasteiger partial charge < -0.3 is 19.2 Å². The van der Waals surface area contributed by atoms with Crippen molar-refractivity contribution in [3.05, 3.63) is 41.7 Å². The maximum atomic E-state index is 12.9. The average molecular weight is 465 g/mol. The number of aromatic amines is 1. The fourth-order valence-electron chi connectivity index (χ4n) is 2.78. The quantitative estimate of drug-likeness (QED) is 0.363. The molecule has 0 atom stereocenters. The molecule has 3 rings (SSSR count). The van der Waals surface area contributed by atoms with Crippen LogP contribution in [0.5, 0.6) is 11.5 Å². The average Bonchev–Trinajstić information content (AvgIpc) is 3.12. The molecule has 0 fully saturated rings. The van der Waals surface area contributed by atoms with Crippen molar-refractivity contribution in [3.63, 3.8) is 0 Å². The number of imidazole rings is 1. The number of halogens is 2. The zero-order valence-corrected chi connectivity index (χ0v) is 17.2. The van der Waals surface area contributed by atoms with Crippen LogP contribution in [0.4, 0.5) is 8.78 Å². The summed E-state index contributed by atoms with van der Waals surface area (Å²) in [5.41, 5.74) is 1.53. The third-order valence-corrected chi connectivity index (χ3v) is 5.72. The first kappa shape index (κ1) is 25.5. The normalized spacial score (nSPS) is 11.5. The van der Waals surface area contributed by atoms with Gasteiger partial charge in [-0.3, -0.25) is 4.98 Å². The predicted molar refractivity (Wildman–Crippen MR) is 112 cm³/mol. The number of sulfone groups is 1. The first-order chi connectivity index (χ1) is 14.3. The predicted octanol–water partition coefficient (Wildman–Crippen LogP) is 2.61. The van der Waals surface area contributed by atoms with Crippen molar-refractivity contribution in [2.75, 3.05) is 20.3 Å². The third kappa shape index (κ3) is 6.59. The SMILES string of the molecule is COCCCOc1ccnc(CS(=O)(=O)c2nc3cc(OC(F)F)ccc3[nH]2)c1C.[NaH]. The Morgan fingerprint density at radius 1 is 1.19 bits per heavy atom. The van der Waals surface area contributed by atoms with Gasteiger partial charge in [-0.25, -0.2) is 13.4 Å². The van der Waals surface area contributed by atoms with Gasteiger partial charge in [-0.2, -0.15) is 8.78 Å². The van der Waals surface area contributed by atoms with Gasteiger partial charge in [-0.1, -0.05) is 0 Å². The van der Waals surface area contributed by atoms with Crippen LogP contribution in [0, 0.1) is 6.92 Å². The van der Waals surface area contributed by atoms with E-state index in [0.717, 1.165) is 0 Å². The number of aromatic nitrogens is 3. The van der Waals surface area contributed by atoms with Crippen LogP contribution in [0.2, 0.25) is 0 Å². The first-order valence-electron chi connectivity index (χ1n) is 9.03. The van der Waals surface area contributed by atoms with Crippen LogP contribution in [0.15, 0.2) is 35.6 Å². The van der Waals surface area contributed by atoms with E-state index in [2.05, 4.69) is 19.7 Å². The number of H-pyrrole nitrogens is 1. The number of benzene rings is 1. The standard InChI is InChI=1S/C19H21F2N3O5S.Na.H/c1-12-16(22-7-6-17(12)28-9-3-8-27-2)11-30(25,26)19-23-14-5-4-13(29-18(20)21)10-15(14)24-19;;/h4-7,10,18H,3,8-9,11H2,1-2H3,(H,23,24);;. The van der Waals surface area contributed by atoms with Crippen LogP contribution in [0.25, 0.3) is 11.0 Å². The number of ether oxygens (including phenoxy) is 3. The number of fused-ring (bicyclic) bond motifs is 1. The number of nitrogens with one attached hydrogen (secondary N) is 1. The molecule has 2 heterocycles. The second-order valence-electron chi connectivity index (χ2n) is 6.43. The third-order valence-electron chi connectivity index (χ3n) is 4.29. The molecule has 0 aliphatic rings. The van der Waals surface area contributed by atoms with E-state index in [0.29, 0.717) is 42.2 Å². The van der Waals surface area contributed by atoms with Gasteiger partial charge in [0.15, 0.2) is 0 Å².